The summed E-state index contributed by atoms with van der Waals surface area (Å²) in [5, 5.41) is 1.78. The Balaban J connectivity index is 1.76. The third-order valence-electron chi connectivity index (χ3n) is 6.01. The number of hydrogen-bond donors (Lipinski definition) is 0. The van der Waals surface area contributed by atoms with E-state index in [9.17, 15) is 22.8 Å². The number of rotatable bonds is 4. The van der Waals surface area contributed by atoms with Gasteiger partial charge in [-0.1, -0.05) is 36.4 Å². The van der Waals surface area contributed by atoms with Gasteiger partial charge in [0.15, 0.2) is 0 Å². The van der Waals surface area contributed by atoms with Crippen LogP contribution >= 0.6 is 0 Å². The second-order valence-corrected chi connectivity index (χ2v) is 9.94. The van der Waals surface area contributed by atoms with Crippen LogP contribution in [0.3, 0.4) is 0 Å². The molecule has 8 nitrogen and oxygen atoms in total. The lowest BCUT2D eigenvalue weighted by atomic mass is 10.1. The summed E-state index contributed by atoms with van der Waals surface area (Å²) >= 11 is 0. The molecule has 176 valence electrons. The maximum absolute atomic E-state index is 14.0. The van der Waals surface area contributed by atoms with Crippen molar-refractivity contribution < 1.29 is 27.5 Å². The first-order valence-electron chi connectivity index (χ1n) is 10.7. The van der Waals surface area contributed by atoms with Gasteiger partial charge in [-0.25, -0.2) is 12.7 Å². The number of fused-ring (bicyclic) bond motifs is 1. The Bertz CT molecular complexity index is 1690. The van der Waals surface area contributed by atoms with Crippen molar-refractivity contribution in [2.75, 3.05) is 16.3 Å². The minimum Gasteiger partial charge on any atom is -0.426 e. The molecule has 0 aromatic heterocycles. The fraction of sp³-hybridized carbons (Fsp3) is 0.115. The quantitative estimate of drug-likeness (QED) is 0.314. The number of amides is 2. The van der Waals surface area contributed by atoms with Gasteiger partial charge in [0, 0.05) is 48.0 Å². The second kappa shape index (κ2) is 7.92. The highest BCUT2D eigenvalue weighted by molar-refractivity contribution is 7.93. The van der Waals surface area contributed by atoms with Gasteiger partial charge in [0.2, 0.25) is 5.91 Å². The van der Waals surface area contributed by atoms with Crippen molar-refractivity contribution in [2.24, 2.45) is 0 Å². The summed E-state index contributed by atoms with van der Waals surface area (Å²) < 4.78 is 34.1. The van der Waals surface area contributed by atoms with Gasteiger partial charge in [-0.2, -0.15) is 0 Å². The average Bonchev–Trinajstić information content (AvgIpc) is 3.06. The molecular weight excluding hydrogens is 468 g/mol. The van der Waals surface area contributed by atoms with Gasteiger partial charge in [0.1, 0.15) is 5.75 Å². The highest BCUT2D eigenvalue weighted by Crippen LogP contribution is 2.42. The molecule has 0 bridgehead atoms. The molecular formula is C26H20N2O6S. The van der Waals surface area contributed by atoms with E-state index in [1.54, 1.807) is 55.6 Å². The molecule has 1 aliphatic heterocycles. The summed E-state index contributed by atoms with van der Waals surface area (Å²) in [7, 11) is -2.77. The third kappa shape index (κ3) is 3.35. The van der Waals surface area contributed by atoms with Crippen molar-refractivity contribution in [3.8, 4) is 5.75 Å². The van der Waals surface area contributed by atoms with Gasteiger partial charge < -0.3 is 9.64 Å². The number of ether oxygens (including phenoxy) is 1. The van der Waals surface area contributed by atoms with Gasteiger partial charge in [0.05, 0.1) is 16.3 Å². The van der Waals surface area contributed by atoms with Crippen molar-refractivity contribution in [1.29, 1.82) is 0 Å². The molecule has 0 saturated carbocycles. The molecule has 0 radical (unpaired) electrons. The van der Waals surface area contributed by atoms with E-state index in [1.807, 2.05) is 0 Å². The molecule has 0 aliphatic carbocycles. The highest BCUT2D eigenvalue weighted by atomic mass is 32.2. The Labute approximate surface area is 201 Å². The van der Waals surface area contributed by atoms with Crippen LogP contribution in [0, 0.1) is 0 Å². The lowest BCUT2D eigenvalue weighted by molar-refractivity contribution is -0.131. The summed E-state index contributed by atoms with van der Waals surface area (Å²) in [4.78, 5) is 38.4. The van der Waals surface area contributed by atoms with Crippen LogP contribution in [-0.2, 0) is 19.6 Å². The first-order chi connectivity index (χ1) is 16.6. The summed E-state index contributed by atoms with van der Waals surface area (Å²) in [5.74, 6) is -1.21. The molecule has 0 atom stereocenters. The molecule has 4 aromatic carbocycles. The molecule has 4 aromatic rings. The Morgan fingerprint density at radius 2 is 1.54 bits per heavy atom. The Hall–Kier alpha value is -4.24. The lowest BCUT2D eigenvalue weighted by Crippen LogP contribution is -2.35. The predicted molar refractivity (Wildman–Crippen MR) is 132 cm³/mol. The van der Waals surface area contributed by atoms with Gasteiger partial charge in [-0.3, -0.25) is 14.4 Å². The molecule has 5 rings (SSSR count). The maximum Gasteiger partial charge on any atom is 0.308 e. The molecule has 0 unspecified atom stereocenters. The number of carbonyl (C=O) groups excluding carboxylic acids is 3. The summed E-state index contributed by atoms with van der Waals surface area (Å²) in [6.45, 7) is 2.44. The second-order valence-electron chi connectivity index (χ2n) is 8.19. The fourth-order valence-corrected chi connectivity index (χ4v) is 6.22. The van der Waals surface area contributed by atoms with Crippen LogP contribution in [-0.4, -0.2) is 33.2 Å². The number of hydrogen-bond acceptors (Lipinski definition) is 6. The summed E-state index contributed by atoms with van der Waals surface area (Å²) in [6, 6.07) is 17.6. The van der Waals surface area contributed by atoms with Gasteiger partial charge in [0.25, 0.3) is 15.9 Å². The van der Waals surface area contributed by atoms with E-state index in [0.29, 0.717) is 32.8 Å². The van der Waals surface area contributed by atoms with E-state index in [4.69, 9.17) is 4.74 Å². The molecule has 0 saturated heterocycles. The standard InChI is InChI=1S/C26H20N2O6S/c1-15(29)28(21-11-13-23(34-16(2)30)18-8-5-4-7-17(18)21)35(32,33)24-14-12-22-25-19(24)9-6-10-20(25)26(31)27(22)3/h4-14H,1-3H3. The van der Waals surface area contributed by atoms with Crippen LogP contribution in [0.5, 0.6) is 5.75 Å². The predicted octanol–water partition coefficient (Wildman–Crippen LogP) is 4.25. The van der Waals surface area contributed by atoms with Crippen LogP contribution in [0.25, 0.3) is 21.5 Å². The topological polar surface area (TPSA) is 101 Å². The van der Waals surface area contributed by atoms with Crippen LogP contribution in [0.1, 0.15) is 24.2 Å². The first-order valence-corrected chi connectivity index (χ1v) is 12.2. The van der Waals surface area contributed by atoms with E-state index in [0.717, 1.165) is 4.31 Å². The van der Waals surface area contributed by atoms with E-state index >= 15 is 0 Å². The fourth-order valence-electron chi connectivity index (χ4n) is 4.58. The number of sulfonamides is 1. The zero-order valence-corrected chi connectivity index (χ0v) is 19.9. The average molecular weight is 489 g/mol. The number of esters is 1. The van der Waals surface area contributed by atoms with Crippen molar-refractivity contribution in [2.45, 2.75) is 18.7 Å². The third-order valence-corrected chi connectivity index (χ3v) is 7.86. The van der Waals surface area contributed by atoms with E-state index in [2.05, 4.69) is 0 Å². The molecule has 0 N–H and O–H groups in total. The molecule has 1 heterocycles. The molecule has 2 amide bonds. The van der Waals surface area contributed by atoms with Crippen LogP contribution in [0.4, 0.5) is 11.4 Å². The zero-order valence-electron chi connectivity index (χ0n) is 19.1. The SMILES string of the molecule is CC(=O)Oc1ccc(N(C(C)=O)S(=O)(=O)c2ccc3c4c(cccc24)C(=O)N3C)c2ccccc12. The van der Waals surface area contributed by atoms with Crippen LogP contribution in [0.2, 0.25) is 0 Å². The minimum absolute atomic E-state index is 0.0930. The lowest BCUT2D eigenvalue weighted by Gasteiger charge is -2.24. The number of carbonyl (C=O) groups is 3. The first kappa shape index (κ1) is 22.5. The van der Waals surface area contributed by atoms with Gasteiger partial charge >= 0.3 is 5.97 Å². The van der Waals surface area contributed by atoms with Crippen LogP contribution < -0.4 is 13.9 Å². The van der Waals surface area contributed by atoms with E-state index in [1.165, 1.54) is 36.9 Å². The molecule has 35 heavy (non-hydrogen) atoms. The number of nitrogens with zero attached hydrogens (tertiary/aromatic N) is 2. The van der Waals surface area contributed by atoms with E-state index < -0.39 is 21.9 Å². The maximum atomic E-state index is 14.0. The van der Waals surface area contributed by atoms with E-state index in [-0.39, 0.29) is 22.2 Å². The molecule has 1 aliphatic rings. The summed E-state index contributed by atoms with van der Waals surface area (Å²) in [6.07, 6.45) is 0. The van der Waals surface area contributed by atoms with Gasteiger partial charge in [-0.05, 0) is 30.3 Å². The van der Waals surface area contributed by atoms with Crippen molar-refractivity contribution in [3.63, 3.8) is 0 Å². The Morgan fingerprint density at radius 3 is 2.23 bits per heavy atom. The summed E-state index contributed by atoms with van der Waals surface area (Å²) in [5.41, 5.74) is 1.13. The van der Waals surface area contributed by atoms with Crippen LogP contribution in [0.15, 0.2) is 71.6 Å². The Morgan fingerprint density at radius 1 is 0.857 bits per heavy atom. The molecule has 9 heteroatoms. The van der Waals surface area contributed by atoms with Crippen molar-refractivity contribution >= 4 is 60.7 Å². The highest BCUT2D eigenvalue weighted by Gasteiger charge is 2.35. The minimum atomic E-state index is -4.40. The monoisotopic (exact) mass is 488 g/mol. The zero-order chi connectivity index (χ0) is 25.1. The number of anilines is 2. The van der Waals surface area contributed by atoms with Crippen molar-refractivity contribution in [3.05, 3.63) is 72.3 Å². The molecule has 0 fully saturated rings. The van der Waals surface area contributed by atoms with Gasteiger partial charge in [-0.15, -0.1) is 0 Å². The Kier molecular flexibility index (Phi) is 5.10. The largest absolute Gasteiger partial charge is 0.426 e. The number of benzene rings is 4. The van der Waals surface area contributed by atoms with Crippen molar-refractivity contribution in [1.82, 2.24) is 0 Å². The normalized spacial score (nSPS) is 12.9. The molecule has 0 spiro atoms. The smallest absolute Gasteiger partial charge is 0.308 e.